The van der Waals surface area contributed by atoms with Gasteiger partial charge in [-0.15, -0.1) is 0 Å². The van der Waals surface area contributed by atoms with Gasteiger partial charge < -0.3 is 0 Å². The Morgan fingerprint density at radius 3 is 2.83 bits per heavy atom. The second kappa shape index (κ2) is 3.22. The van der Waals surface area contributed by atoms with Crippen molar-refractivity contribution in [2.24, 2.45) is 0 Å². The smallest absolute Gasteiger partial charge is 0.0659 e. The average molecular weight is 157 g/mol. The molecule has 2 rings (SSSR count). The van der Waals surface area contributed by atoms with Crippen molar-refractivity contribution in [1.29, 1.82) is 0 Å². The Balaban J connectivity index is 2.15. The minimum atomic E-state index is 0.835. The maximum Gasteiger partial charge on any atom is 0.0659 e. The van der Waals surface area contributed by atoms with Gasteiger partial charge >= 0.3 is 0 Å². The van der Waals surface area contributed by atoms with Crippen molar-refractivity contribution >= 4 is 0 Å². The highest BCUT2D eigenvalue weighted by atomic mass is 15.3. The van der Waals surface area contributed by atoms with Crippen LogP contribution < -0.4 is 0 Å². The molecular formula is C10H9N2. The normalized spacial score (nSPS) is 10.0. The number of benzene rings is 1. The Hall–Kier alpha value is -1.57. The van der Waals surface area contributed by atoms with Crippen LogP contribution in [-0.2, 0) is 6.54 Å². The first-order valence-electron chi connectivity index (χ1n) is 3.87. The first kappa shape index (κ1) is 7.10. The van der Waals surface area contributed by atoms with E-state index in [4.69, 9.17) is 0 Å². The Labute approximate surface area is 71.5 Å². The van der Waals surface area contributed by atoms with Gasteiger partial charge in [0.25, 0.3) is 0 Å². The van der Waals surface area contributed by atoms with Crippen LogP contribution in [0.15, 0.2) is 42.7 Å². The van der Waals surface area contributed by atoms with Crippen LogP contribution in [0.4, 0.5) is 0 Å². The van der Waals surface area contributed by atoms with E-state index < -0.39 is 0 Å². The molecule has 0 unspecified atom stereocenters. The number of hydrogen-bond donors (Lipinski definition) is 0. The summed E-state index contributed by atoms with van der Waals surface area (Å²) in [6.45, 7) is 0.835. The molecule has 1 aromatic heterocycles. The van der Waals surface area contributed by atoms with Crippen molar-refractivity contribution in [3.05, 3.63) is 54.4 Å². The standard InChI is InChI=1S/C10H9N2/c1-2-5-10(6-3-1)9-12-8-4-7-11-12/h2-8H,9H2. The molecule has 2 heteroatoms. The fourth-order valence-corrected chi connectivity index (χ4v) is 1.11. The highest BCUT2D eigenvalue weighted by Gasteiger charge is 1.91. The van der Waals surface area contributed by atoms with Crippen LogP contribution >= 0.6 is 0 Å². The zero-order valence-electron chi connectivity index (χ0n) is 6.64. The van der Waals surface area contributed by atoms with Gasteiger partial charge in [0, 0.05) is 12.4 Å². The molecule has 0 N–H and O–H groups in total. The topological polar surface area (TPSA) is 17.8 Å². The Morgan fingerprint density at radius 1 is 1.33 bits per heavy atom. The van der Waals surface area contributed by atoms with Gasteiger partial charge in [-0.2, -0.15) is 5.10 Å². The van der Waals surface area contributed by atoms with Crippen molar-refractivity contribution in [3.8, 4) is 0 Å². The predicted octanol–water partition coefficient (Wildman–Crippen LogP) is 1.73. The molecule has 12 heavy (non-hydrogen) atoms. The van der Waals surface area contributed by atoms with E-state index in [1.807, 2.05) is 41.2 Å². The quantitative estimate of drug-likeness (QED) is 0.649. The zero-order chi connectivity index (χ0) is 8.23. The second-order valence-electron chi connectivity index (χ2n) is 2.61. The van der Waals surface area contributed by atoms with Gasteiger partial charge in [-0.05, 0) is 17.7 Å². The van der Waals surface area contributed by atoms with Gasteiger partial charge in [-0.25, -0.2) is 0 Å². The lowest BCUT2D eigenvalue weighted by molar-refractivity contribution is 0.687. The molecule has 1 aromatic carbocycles. The molecule has 0 saturated heterocycles. The molecule has 2 nitrogen and oxygen atoms in total. The molecule has 0 fully saturated rings. The van der Waals surface area contributed by atoms with Crippen LogP contribution in [-0.4, -0.2) is 9.78 Å². The molecule has 0 bridgehead atoms. The van der Waals surface area contributed by atoms with Crippen LogP contribution in [0.5, 0.6) is 0 Å². The van der Waals surface area contributed by atoms with Crippen LogP contribution in [0.2, 0.25) is 0 Å². The molecule has 0 atom stereocenters. The average Bonchev–Trinajstić information content (AvgIpc) is 2.59. The largest absolute Gasteiger partial charge is 0.268 e. The summed E-state index contributed by atoms with van der Waals surface area (Å²) in [6.07, 6.45) is 3.74. The molecule has 0 aliphatic rings. The maximum atomic E-state index is 4.12. The summed E-state index contributed by atoms with van der Waals surface area (Å²) in [5, 5.41) is 4.12. The minimum Gasteiger partial charge on any atom is -0.268 e. The fraction of sp³-hybridized carbons (Fsp3) is 0.100. The van der Waals surface area contributed by atoms with Gasteiger partial charge in [0.1, 0.15) is 0 Å². The van der Waals surface area contributed by atoms with E-state index in [0.29, 0.717) is 0 Å². The summed E-state index contributed by atoms with van der Waals surface area (Å²) in [7, 11) is 0. The van der Waals surface area contributed by atoms with Gasteiger partial charge in [0.05, 0.1) is 6.54 Å². The molecule has 2 aromatic rings. The van der Waals surface area contributed by atoms with E-state index in [1.54, 1.807) is 6.20 Å². The summed E-state index contributed by atoms with van der Waals surface area (Å²) in [5.74, 6) is 0. The number of rotatable bonds is 2. The summed E-state index contributed by atoms with van der Waals surface area (Å²) in [4.78, 5) is 0. The number of hydrogen-bond acceptors (Lipinski definition) is 1. The Bertz CT molecular complexity index is 324. The van der Waals surface area contributed by atoms with Crippen LogP contribution in [0, 0.1) is 6.07 Å². The van der Waals surface area contributed by atoms with Gasteiger partial charge in [-0.1, -0.05) is 24.3 Å². The summed E-state index contributed by atoms with van der Waals surface area (Å²) < 4.78 is 1.90. The van der Waals surface area contributed by atoms with E-state index in [1.165, 1.54) is 5.56 Å². The van der Waals surface area contributed by atoms with Crippen molar-refractivity contribution in [3.63, 3.8) is 0 Å². The molecule has 0 aliphatic heterocycles. The lowest BCUT2D eigenvalue weighted by Crippen LogP contribution is -1.98. The first-order chi connectivity index (χ1) is 5.95. The fourth-order valence-electron chi connectivity index (χ4n) is 1.11. The monoisotopic (exact) mass is 157 g/mol. The van der Waals surface area contributed by atoms with Crippen molar-refractivity contribution in [1.82, 2.24) is 9.78 Å². The molecule has 0 amide bonds. The lowest BCUT2D eigenvalue weighted by Gasteiger charge is -1.99. The maximum absolute atomic E-state index is 4.12. The van der Waals surface area contributed by atoms with E-state index in [-0.39, 0.29) is 0 Å². The summed E-state index contributed by atoms with van der Waals surface area (Å²) in [5.41, 5.74) is 1.25. The first-order valence-corrected chi connectivity index (χ1v) is 3.87. The Kier molecular flexibility index (Phi) is 1.90. The van der Waals surface area contributed by atoms with Crippen LogP contribution in [0.3, 0.4) is 0 Å². The highest BCUT2D eigenvalue weighted by molar-refractivity contribution is 5.13. The molecule has 0 saturated carbocycles. The summed E-state index contributed by atoms with van der Waals surface area (Å²) in [6, 6.07) is 12.8. The Morgan fingerprint density at radius 2 is 2.17 bits per heavy atom. The van der Waals surface area contributed by atoms with Crippen molar-refractivity contribution in [2.45, 2.75) is 6.54 Å². The minimum absolute atomic E-state index is 0.835. The second-order valence-corrected chi connectivity index (χ2v) is 2.61. The SMILES string of the molecule is [c]1ccc(Cn2cccn2)cc1. The predicted molar refractivity (Wildman–Crippen MR) is 46.6 cm³/mol. The molecular weight excluding hydrogens is 148 g/mol. The molecule has 59 valence electrons. The van der Waals surface area contributed by atoms with Crippen molar-refractivity contribution < 1.29 is 0 Å². The zero-order valence-corrected chi connectivity index (χ0v) is 6.64. The highest BCUT2D eigenvalue weighted by Crippen LogP contribution is 1.99. The molecule has 0 aliphatic carbocycles. The van der Waals surface area contributed by atoms with Crippen LogP contribution in [0.25, 0.3) is 0 Å². The van der Waals surface area contributed by atoms with Gasteiger partial charge in [-0.3, -0.25) is 4.68 Å². The van der Waals surface area contributed by atoms with E-state index >= 15 is 0 Å². The van der Waals surface area contributed by atoms with Crippen LogP contribution in [0.1, 0.15) is 5.56 Å². The van der Waals surface area contributed by atoms with E-state index in [9.17, 15) is 0 Å². The molecule has 1 radical (unpaired) electrons. The number of nitrogens with zero attached hydrogens (tertiary/aromatic N) is 2. The summed E-state index contributed by atoms with van der Waals surface area (Å²) >= 11 is 0. The molecule has 1 heterocycles. The number of aromatic nitrogens is 2. The van der Waals surface area contributed by atoms with Crippen molar-refractivity contribution in [2.75, 3.05) is 0 Å². The van der Waals surface area contributed by atoms with E-state index in [2.05, 4.69) is 11.2 Å². The third-order valence-corrected chi connectivity index (χ3v) is 1.69. The third kappa shape index (κ3) is 1.53. The van der Waals surface area contributed by atoms with Gasteiger partial charge in [0.2, 0.25) is 0 Å². The van der Waals surface area contributed by atoms with E-state index in [0.717, 1.165) is 6.54 Å². The molecule has 0 spiro atoms. The third-order valence-electron chi connectivity index (χ3n) is 1.69. The van der Waals surface area contributed by atoms with Gasteiger partial charge in [0.15, 0.2) is 0 Å². The lowest BCUT2D eigenvalue weighted by atomic mass is 10.2.